The van der Waals surface area contributed by atoms with Gasteiger partial charge < -0.3 is 5.73 Å². The van der Waals surface area contributed by atoms with Crippen LogP contribution in [0.3, 0.4) is 0 Å². The van der Waals surface area contributed by atoms with Crippen molar-refractivity contribution in [2.75, 3.05) is 0 Å². The highest BCUT2D eigenvalue weighted by atomic mass is 19.1. The second-order valence-electron chi connectivity index (χ2n) is 2.56. The monoisotopic (exact) mass is 194 g/mol. The fourth-order valence-electron chi connectivity index (χ4n) is 0.957. The molecule has 1 aromatic carbocycles. The van der Waals surface area contributed by atoms with Crippen molar-refractivity contribution in [1.82, 2.24) is 0 Å². The Morgan fingerprint density at radius 3 is 2.93 bits per heavy atom. The summed E-state index contributed by atoms with van der Waals surface area (Å²) >= 11 is 0. The molecule has 1 aromatic rings. The van der Waals surface area contributed by atoms with Gasteiger partial charge >= 0.3 is 0 Å². The van der Waals surface area contributed by atoms with Crippen molar-refractivity contribution in [2.45, 2.75) is 6.54 Å². The number of benzene rings is 1. The molecule has 6 heteroatoms. The lowest BCUT2D eigenvalue weighted by molar-refractivity contribution is 0.1000. The van der Waals surface area contributed by atoms with E-state index in [-0.39, 0.29) is 17.7 Å². The first-order valence-corrected chi connectivity index (χ1v) is 3.74. The Hall–Kier alpha value is -2.07. The van der Waals surface area contributed by atoms with Crippen LogP contribution in [0.25, 0.3) is 10.4 Å². The van der Waals surface area contributed by atoms with E-state index in [2.05, 4.69) is 10.0 Å². The number of rotatable bonds is 3. The number of carbonyl (C=O) groups excluding carboxylic acids is 1. The molecule has 0 unspecified atom stereocenters. The van der Waals surface area contributed by atoms with Gasteiger partial charge in [-0.15, -0.1) is 0 Å². The van der Waals surface area contributed by atoms with Crippen molar-refractivity contribution in [3.05, 3.63) is 45.6 Å². The molecule has 0 saturated heterocycles. The summed E-state index contributed by atoms with van der Waals surface area (Å²) in [6, 6.07) is 3.66. The minimum Gasteiger partial charge on any atom is -0.366 e. The highest BCUT2D eigenvalue weighted by molar-refractivity contribution is 5.92. The molecule has 0 fully saturated rings. The highest BCUT2D eigenvalue weighted by Gasteiger charge is 2.05. The Kier molecular flexibility index (Phi) is 3.04. The molecular formula is C8H7FN4O. The van der Waals surface area contributed by atoms with Gasteiger partial charge in [0, 0.05) is 10.5 Å². The molecule has 0 aliphatic carbocycles. The van der Waals surface area contributed by atoms with Crippen molar-refractivity contribution >= 4 is 5.91 Å². The minimum atomic E-state index is -0.646. The minimum absolute atomic E-state index is 0.135. The lowest BCUT2D eigenvalue weighted by atomic mass is 10.1. The van der Waals surface area contributed by atoms with E-state index in [0.717, 1.165) is 6.07 Å². The average Bonchev–Trinajstić information content (AvgIpc) is 2.16. The first-order valence-electron chi connectivity index (χ1n) is 3.74. The van der Waals surface area contributed by atoms with Crippen molar-refractivity contribution in [1.29, 1.82) is 0 Å². The zero-order chi connectivity index (χ0) is 10.6. The molecule has 0 radical (unpaired) electrons. The highest BCUT2D eigenvalue weighted by Crippen LogP contribution is 2.11. The quantitative estimate of drug-likeness (QED) is 0.443. The van der Waals surface area contributed by atoms with E-state index < -0.39 is 11.7 Å². The van der Waals surface area contributed by atoms with E-state index in [4.69, 9.17) is 11.3 Å². The van der Waals surface area contributed by atoms with E-state index >= 15 is 0 Å². The third-order valence-corrected chi connectivity index (χ3v) is 1.63. The van der Waals surface area contributed by atoms with Crippen LogP contribution < -0.4 is 5.73 Å². The van der Waals surface area contributed by atoms with Gasteiger partial charge in [-0.3, -0.25) is 4.79 Å². The fourth-order valence-corrected chi connectivity index (χ4v) is 0.957. The predicted octanol–water partition coefficient (Wildman–Crippen LogP) is 1.73. The number of carbonyl (C=O) groups is 1. The maximum absolute atomic E-state index is 13.0. The van der Waals surface area contributed by atoms with Gasteiger partial charge in [0.1, 0.15) is 5.82 Å². The van der Waals surface area contributed by atoms with Gasteiger partial charge in [-0.25, -0.2) is 4.39 Å². The molecule has 0 aliphatic heterocycles. The first-order chi connectivity index (χ1) is 6.65. The molecule has 0 saturated carbocycles. The molecule has 2 N–H and O–H groups in total. The van der Waals surface area contributed by atoms with Crippen LogP contribution in [0.2, 0.25) is 0 Å². The summed E-state index contributed by atoms with van der Waals surface area (Å²) in [6.45, 7) is -0.135. The first kappa shape index (κ1) is 10.0. The number of hydrogen-bond donors (Lipinski definition) is 1. The van der Waals surface area contributed by atoms with Gasteiger partial charge in [-0.05, 0) is 29.3 Å². The van der Waals surface area contributed by atoms with E-state index in [9.17, 15) is 9.18 Å². The molecule has 14 heavy (non-hydrogen) atoms. The normalized spacial score (nSPS) is 9.21. The third-order valence-electron chi connectivity index (χ3n) is 1.63. The fraction of sp³-hybridized carbons (Fsp3) is 0.125. The maximum Gasteiger partial charge on any atom is 0.248 e. The van der Waals surface area contributed by atoms with Crippen LogP contribution in [0.15, 0.2) is 23.3 Å². The number of primary amides is 1. The van der Waals surface area contributed by atoms with Crippen LogP contribution in [0.1, 0.15) is 15.9 Å². The van der Waals surface area contributed by atoms with Crippen LogP contribution in [0.4, 0.5) is 4.39 Å². The molecule has 0 aliphatic rings. The topological polar surface area (TPSA) is 91.8 Å². The predicted molar refractivity (Wildman–Crippen MR) is 47.8 cm³/mol. The van der Waals surface area contributed by atoms with Crippen LogP contribution in [0.5, 0.6) is 0 Å². The van der Waals surface area contributed by atoms with Gasteiger partial charge in [0.05, 0.1) is 6.54 Å². The summed E-state index contributed by atoms with van der Waals surface area (Å²) in [4.78, 5) is 13.2. The average molecular weight is 194 g/mol. The smallest absolute Gasteiger partial charge is 0.248 e. The number of hydrogen-bond acceptors (Lipinski definition) is 2. The van der Waals surface area contributed by atoms with Crippen molar-refractivity contribution in [3.8, 4) is 0 Å². The molecule has 1 rings (SSSR count). The lowest BCUT2D eigenvalue weighted by Gasteiger charge is -2.00. The Morgan fingerprint density at radius 2 is 2.36 bits per heavy atom. The number of azide groups is 1. The Morgan fingerprint density at radius 1 is 1.64 bits per heavy atom. The Balaban J connectivity index is 3.07. The van der Waals surface area contributed by atoms with Gasteiger partial charge in [0.25, 0.3) is 0 Å². The van der Waals surface area contributed by atoms with Gasteiger partial charge in [-0.1, -0.05) is 5.11 Å². The van der Waals surface area contributed by atoms with Gasteiger partial charge in [0.2, 0.25) is 5.91 Å². The summed E-state index contributed by atoms with van der Waals surface area (Å²) in [5, 5.41) is 3.19. The number of halogens is 1. The summed E-state index contributed by atoms with van der Waals surface area (Å²) < 4.78 is 13.0. The van der Waals surface area contributed by atoms with Gasteiger partial charge in [-0.2, -0.15) is 0 Å². The van der Waals surface area contributed by atoms with E-state index in [1.54, 1.807) is 0 Å². The molecule has 5 nitrogen and oxygen atoms in total. The molecule has 0 aromatic heterocycles. The summed E-state index contributed by atoms with van der Waals surface area (Å²) in [5.74, 6) is -1.17. The zero-order valence-corrected chi connectivity index (χ0v) is 7.14. The summed E-state index contributed by atoms with van der Waals surface area (Å²) in [7, 11) is 0. The lowest BCUT2D eigenvalue weighted by Crippen LogP contribution is -2.11. The summed E-state index contributed by atoms with van der Waals surface area (Å²) in [6.07, 6.45) is 0. The van der Waals surface area contributed by atoms with E-state index in [0.29, 0.717) is 0 Å². The van der Waals surface area contributed by atoms with E-state index in [1.807, 2.05) is 0 Å². The van der Waals surface area contributed by atoms with Crippen molar-refractivity contribution in [3.63, 3.8) is 0 Å². The second-order valence-corrected chi connectivity index (χ2v) is 2.56. The number of nitrogens with zero attached hydrogens (tertiary/aromatic N) is 3. The van der Waals surface area contributed by atoms with Crippen LogP contribution in [-0.2, 0) is 6.54 Å². The maximum atomic E-state index is 13.0. The SMILES string of the molecule is [N-]=[N+]=NCc1cc(C(N)=O)ccc1F. The molecular weight excluding hydrogens is 187 g/mol. The Bertz CT molecular complexity index is 412. The van der Waals surface area contributed by atoms with Gasteiger partial charge in [0.15, 0.2) is 0 Å². The van der Waals surface area contributed by atoms with E-state index in [1.165, 1.54) is 12.1 Å². The molecule has 0 heterocycles. The van der Waals surface area contributed by atoms with Crippen LogP contribution >= 0.6 is 0 Å². The Labute approximate surface area is 79.0 Å². The molecule has 1 amide bonds. The number of nitrogens with two attached hydrogens (primary N) is 1. The standard InChI is InChI=1S/C8H7FN4O/c9-7-2-1-5(8(10)14)3-6(7)4-12-13-11/h1-3H,4H2,(H2,10,14). The van der Waals surface area contributed by atoms with Crippen LogP contribution in [-0.4, -0.2) is 5.91 Å². The zero-order valence-electron chi connectivity index (χ0n) is 7.14. The van der Waals surface area contributed by atoms with Crippen molar-refractivity contribution in [2.24, 2.45) is 10.8 Å². The van der Waals surface area contributed by atoms with Crippen molar-refractivity contribution < 1.29 is 9.18 Å². The largest absolute Gasteiger partial charge is 0.366 e. The second kappa shape index (κ2) is 4.25. The van der Waals surface area contributed by atoms with Crippen LogP contribution in [0, 0.1) is 5.82 Å². The molecule has 0 bridgehead atoms. The summed E-state index contributed by atoms with van der Waals surface area (Å²) in [5.41, 5.74) is 13.4. The number of amides is 1. The molecule has 0 atom stereocenters. The molecule has 0 spiro atoms. The molecule has 72 valence electrons. The third kappa shape index (κ3) is 2.21.